The summed E-state index contributed by atoms with van der Waals surface area (Å²) in [5.74, 6) is -1.23. The molecule has 2 atom stereocenters. The van der Waals surface area contributed by atoms with Crippen molar-refractivity contribution in [1.29, 1.82) is 0 Å². The molecule has 0 saturated heterocycles. The molecule has 1 unspecified atom stereocenters. The number of carbonyl (C=O) groups excluding carboxylic acids is 1. The lowest BCUT2D eigenvalue weighted by Gasteiger charge is -2.30. The van der Waals surface area contributed by atoms with E-state index in [0.29, 0.717) is 12.8 Å². The second-order valence-corrected chi connectivity index (χ2v) is 5.31. The average molecular weight is 245 g/mol. The van der Waals surface area contributed by atoms with Gasteiger partial charge in [0.1, 0.15) is 5.60 Å². The number of aliphatic hydroxyl groups is 1. The molecule has 0 spiro atoms. The Morgan fingerprint density at radius 3 is 2.35 bits per heavy atom. The van der Waals surface area contributed by atoms with Crippen molar-refractivity contribution in [2.24, 2.45) is 0 Å². The number of carboxylic acid groups (broad SMARTS) is 1. The Kier molecular flexibility index (Phi) is 3.66. The number of ether oxygens (including phenoxy) is 1. The van der Waals surface area contributed by atoms with Crippen molar-refractivity contribution in [3.8, 4) is 0 Å². The number of hydrogen-bond donors (Lipinski definition) is 3. The van der Waals surface area contributed by atoms with Gasteiger partial charge in [-0.05, 0) is 40.0 Å². The molecule has 0 aromatic carbocycles. The van der Waals surface area contributed by atoms with Crippen molar-refractivity contribution in [3.05, 3.63) is 0 Å². The Balaban J connectivity index is 2.75. The smallest absolute Gasteiger partial charge is 0.408 e. The highest BCUT2D eigenvalue weighted by Crippen LogP contribution is 2.30. The number of aliphatic hydroxyl groups excluding tert-OH is 1. The van der Waals surface area contributed by atoms with E-state index in [-0.39, 0.29) is 6.42 Å². The van der Waals surface area contributed by atoms with Crippen molar-refractivity contribution in [1.82, 2.24) is 5.32 Å². The van der Waals surface area contributed by atoms with E-state index in [9.17, 15) is 14.7 Å². The highest BCUT2D eigenvalue weighted by molar-refractivity contribution is 5.85. The van der Waals surface area contributed by atoms with E-state index in [1.54, 1.807) is 20.8 Å². The summed E-state index contributed by atoms with van der Waals surface area (Å²) in [4.78, 5) is 22.8. The van der Waals surface area contributed by atoms with Crippen LogP contribution < -0.4 is 5.32 Å². The Morgan fingerprint density at radius 1 is 1.41 bits per heavy atom. The summed E-state index contributed by atoms with van der Waals surface area (Å²) in [7, 11) is 0. The zero-order valence-corrected chi connectivity index (χ0v) is 10.3. The van der Waals surface area contributed by atoms with Crippen molar-refractivity contribution < 1.29 is 24.5 Å². The minimum absolute atomic E-state index is 0.211. The van der Waals surface area contributed by atoms with Crippen LogP contribution in [0, 0.1) is 0 Å². The molecule has 6 heteroatoms. The Bertz CT molecular complexity index is 322. The zero-order chi connectivity index (χ0) is 13.3. The fraction of sp³-hybridized carbons (Fsp3) is 0.818. The monoisotopic (exact) mass is 245 g/mol. The molecule has 1 saturated carbocycles. The number of amides is 1. The SMILES string of the molecule is CC(C)(C)OC(=O)N[C@@]1(C(=O)O)CCCC1O. The molecule has 0 bridgehead atoms. The van der Waals surface area contributed by atoms with Crippen LogP contribution in [-0.2, 0) is 9.53 Å². The van der Waals surface area contributed by atoms with E-state index in [1.165, 1.54) is 0 Å². The molecule has 0 aromatic rings. The predicted molar refractivity (Wildman–Crippen MR) is 59.6 cm³/mol. The molecule has 0 aliphatic heterocycles. The highest BCUT2D eigenvalue weighted by atomic mass is 16.6. The molecule has 1 aliphatic rings. The predicted octanol–water partition coefficient (Wildman–Crippen LogP) is 0.879. The van der Waals surface area contributed by atoms with Gasteiger partial charge in [0.2, 0.25) is 0 Å². The lowest BCUT2D eigenvalue weighted by atomic mass is 9.95. The van der Waals surface area contributed by atoms with Gasteiger partial charge in [-0.3, -0.25) is 0 Å². The maximum absolute atomic E-state index is 11.6. The van der Waals surface area contributed by atoms with Crippen LogP contribution in [0.4, 0.5) is 4.79 Å². The molecule has 1 amide bonds. The van der Waals surface area contributed by atoms with E-state index in [4.69, 9.17) is 9.84 Å². The molecule has 1 aliphatic carbocycles. The summed E-state index contributed by atoms with van der Waals surface area (Å²) in [5, 5.41) is 21.1. The number of rotatable bonds is 2. The first-order chi connectivity index (χ1) is 7.67. The lowest BCUT2D eigenvalue weighted by Crippen LogP contribution is -2.60. The minimum Gasteiger partial charge on any atom is -0.479 e. The van der Waals surface area contributed by atoms with Crippen LogP contribution >= 0.6 is 0 Å². The first-order valence-corrected chi connectivity index (χ1v) is 5.60. The zero-order valence-electron chi connectivity index (χ0n) is 10.3. The van der Waals surface area contributed by atoms with Crippen molar-refractivity contribution in [3.63, 3.8) is 0 Å². The van der Waals surface area contributed by atoms with Crippen LogP contribution in [0.2, 0.25) is 0 Å². The molecule has 3 N–H and O–H groups in total. The van der Waals surface area contributed by atoms with Crippen LogP contribution in [-0.4, -0.2) is 39.5 Å². The van der Waals surface area contributed by atoms with E-state index in [1.807, 2.05) is 0 Å². The number of carboxylic acids is 1. The van der Waals surface area contributed by atoms with Crippen molar-refractivity contribution in [2.75, 3.05) is 0 Å². The van der Waals surface area contributed by atoms with Crippen LogP contribution in [0.5, 0.6) is 0 Å². The summed E-state index contributed by atoms with van der Waals surface area (Å²) in [6.45, 7) is 5.06. The van der Waals surface area contributed by atoms with Gasteiger partial charge in [0, 0.05) is 0 Å². The van der Waals surface area contributed by atoms with Gasteiger partial charge in [0.25, 0.3) is 0 Å². The number of carbonyl (C=O) groups is 2. The molecule has 98 valence electrons. The van der Waals surface area contributed by atoms with Gasteiger partial charge in [-0.15, -0.1) is 0 Å². The Hall–Kier alpha value is -1.30. The molecule has 0 heterocycles. The van der Waals surface area contributed by atoms with Crippen LogP contribution in [0.3, 0.4) is 0 Å². The van der Waals surface area contributed by atoms with Gasteiger partial charge in [0.05, 0.1) is 6.10 Å². The summed E-state index contributed by atoms with van der Waals surface area (Å²) in [5.41, 5.74) is -2.31. The quantitative estimate of drug-likeness (QED) is 0.671. The van der Waals surface area contributed by atoms with Crippen LogP contribution in [0.15, 0.2) is 0 Å². The fourth-order valence-electron chi connectivity index (χ4n) is 1.92. The second kappa shape index (κ2) is 4.52. The molecular weight excluding hydrogens is 226 g/mol. The van der Waals surface area contributed by atoms with Gasteiger partial charge in [-0.2, -0.15) is 0 Å². The number of aliphatic carboxylic acids is 1. The first-order valence-electron chi connectivity index (χ1n) is 5.60. The van der Waals surface area contributed by atoms with Gasteiger partial charge in [-0.25, -0.2) is 9.59 Å². The molecule has 0 aromatic heterocycles. The van der Waals surface area contributed by atoms with Crippen molar-refractivity contribution in [2.45, 2.75) is 57.3 Å². The van der Waals surface area contributed by atoms with Gasteiger partial charge in [0.15, 0.2) is 5.54 Å². The number of nitrogens with one attached hydrogen (secondary N) is 1. The Morgan fingerprint density at radius 2 is 2.00 bits per heavy atom. The van der Waals surface area contributed by atoms with E-state index < -0.39 is 29.3 Å². The van der Waals surface area contributed by atoms with E-state index in [0.717, 1.165) is 0 Å². The summed E-state index contributed by atoms with van der Waals surface area (Å²) >= 11 is 0. The normalized spacial score (nSPS) is 28.8. The molecule has 0 radical (unpaired) electrons. The topological polar surface area (TPSA) is 95.9 Å². The van der Waals surface area contributed by atoms with E-state index in [2.05, 4.69) is 5.32 Å². The largest absolute Gasteiger partial charge is 0.479 e. The van der Waals surface area contributed by atoms with Crippen LogP contribution in [0.25, 0.3) is 0 Å². The maximum atomic E-state index is 11.6. The highest BCUT2D eigenvalue weighted by Gasteiger charge is 2.50. The van der Waals surface area contributed by atoms with Gasteiger partial charge < -0.3 is 20.3 Å². The lowest BCUT2D eigenvalue weighted by molar-refractivity contribution is -0.148. The fourth-order valence-corrected chi connectivity index (χ4v) is 1.92. The summed E-state index contributed by atoms with van der Waals surface area (Å²) < 4.78 is 5.00. The minimum atomic E-state index is -1.61. The summed E-state index contributed by atoms with van der Waals surface area (Å²) in [6, 6.07) is 0. The molecule has 6 nitrogen and oxygen atoms in total. The first kappa shape index (κ1) is 13.8. The molecule has 1 fully saturated rings. The number of hydrogen-bond acceptors (Lipinski definition) is 4. The maximum Gasteiger partial charge on any atom is 0.408 e. The second-order valence-electron chi connectivity index (χ2n) is 5.31. The van der Waals surface area contributed by atoms with E-state index >= 15 is 0 Å². The standard InChI is InChI=1S/C11H19NO5/c1-10(2,3)17-9(16)12-11(8(14)15)6-4-5-7(11)13/h7,13H,4-6H2,1-3H3,(H,12,16)(H,14,15)/t7?,11-/m0/s1. The van der Waals surface area contributed by atoms with Crippen LogP contribution in [0.1, 0.15) is 40.0 Å². The van der Waals surface area contributed by atoms with Gasteiger partial charge in [-0.1, -0.05) is 0 Å². The Labute approximate surface area is 100.0 Å². The third-order valence-corrected chi connectivity index (χ3v) is 2.72. The third kappa shape index (κ3) is 3.09. The number of alkyl carbamates (subject to hydrolysis) is 1. The van der Waals surface area contributed by atoms with Gasteiger partial charge >= 0.3 is 12.1 Å². The molecule has 17 heavy (non-hydrogen) atoms. The average Bonchev–Trinajstić information content (AvgIpc) is 2.45. The van der Waals surface area contributed by atoms with Crippen molar-refractivity contribution >= 4 is 12.1 Å². The third-order valence-electron chi connectivity index (χ3n) is 2.72. The summed E-state index contributed by atoms with van der Waals surface area (Å²) in [6.07, 6.45) is -0.762. The molecule has 1 rings (SSSR count). The molecular formula is C11H19NO5.